The second-order valence-corrected chi connectivity index (χ2v) is 10.7. The van der Waals surface area contributed by atoms with E-state index in [2.05, 4.69) is 43.5 Å². The molecule has 5 rings (SSSR count). The maximum Gasteiger partial charge on any atom is 0.416 e. The fourth-order valence-electron chi connectivity index (χ4n) is 6.35. The number of benzene rings is 2. The Morgan fingerprint density at radius 2 is 1.83 bits per heavy atom. The summed E-state index contributed by atoms with van der Waals surface area (Å²) >= 11 is 0. The monoisotopic (exact) mass is 483 g/mol. The highest BCUT2D eigenvalue weighted by atomic mass is 19.4. The molecule has 1 fully saturated rings. The van der Waals surface area contributed by atoms with Gasteiger partial charge in [-0.3, -0.25) is 4.79 Å². The lowest BCUT2D eigenvalue weighted by atomic mass is 9.81. The number of fused-ring (bicyclic) bond motifs is 4. The van der Waals surface area contributed by atoms with E-state index in [4.69, 9.17) is 0 Å². The normalized spacial score (nSPS) is 22.5. The Bertz CT molecular complexity index is 1270. The zero-order chi connectivity index (χ0) is 25.1. The second kappa shape index (κ2) is 8.42. The molecule has 0 bridgehead atoms. The summed E-state index contributed by atoms with van der Waals surface area (Å²) in [5.74, 6) is -0.784. The van der Waals surface area contributed by atoms with Crippen molar-refractivity contribution in [1.29, 1.82) is 0 Å². The van der Waals surface area contributed by atoms with E-state index in [0.29, 0.717) is 12.3 Å². The average molecular weight is 484 g/mol. The van der Waals surface area contributed by atoms with Gasteiger partial charge in [-0.15, -0.1) is 0 Å². The molecule has 2 aromatic carbocycles. The largest absolute Gasteiger partial charge is 0.481 e. The van der Waals surface area contributed by atoms with Crippen LogP contribution in [0.5, 0.6) is 0 Å². The van der Waals surface area contributed by atoms with Gasteiger partial charge < -0.3 is 9.67 Å². The average Bonchev–Trinajstić information content (AvgIpc) is 3.43. The molecule has 3 nitrogen and oxygen atoms in total. The highest BCUT2D eigenvalue weighted by Crippen LogP contribution is 2.62. The van der Waals surface area contributed by atoms with Crippen LogP contribution < -0.4 is 0 Å². The lowest BCUT2D eigenvalue weighted by Crippen LogP contribution is -2.26. The highest BCUT2D eigenvalue weighted by Gasteiger charge is 2.62. The van der Waals surface area contributed by atoms with Gasteiger partial charge in [-0.2, -0.15) is 13.2 Å². The Balaban J connectivity index is 1.75. The lowest BCUT2D eigenvalue weighted by Gasteiger charge is -2.31. The van der Waals surface area contributed by atoms with E-state index in [1.165, 1.54) is 28.6 Å². The first-order chi connectivity index (χ1) is 16.6. The van der Waals surface area contributed by atoms with E-state index >= 15 is 0 Å². The summed E-state index contributed by atoms with van der Waals surface area (Å²) in [6.07, 6.45) is 0.588. The van der Waals surface area contributed by atoms with Crippen LogP contribution in [0.2, 0.25) is 0 Å². The minimum absolute atomic E-state index is 0.150. The van der Waals surface area contributed by atoms with Gasteiger partial charge >= 0.3 is 12.1 Å². The summed E-state index contributed by atoms with van der Waals surface area (Å²) in [6.45, 7) is 6.41. The van der Waals surface area contributed by atoms with Gasteiger partial charge in [0.2, 0.25) is 0 Å². The number of halogens is 3. The topological polar surface area (TPSA) is 42.2 Å². The molecule has 0 aliphatic heterocycles. The third-order valence-corrected chi connectivity index (χ3v) is 8.19. The molecule has 0 saturated heterocycles. The molecule has 3 aromatic rings. The van der Waals surface area contributed by atoms with Crippen LogP contribution in [0.4, 0.5) is 13.2 Å². The van der Waals surface area contributed by atoms with Crippen molar-refractivity contribution in [2.75, 3.05) is 0 Å². The van der Waals surface area contributed by atoms with Gasteiger partial charge in [-0.25, -0.2) is 0 Å². The second-order valence-electron chi connectivity index (χ2n) is 10.7. The number of carboxylic acids is 1. The molecule has 6 heteroatoms. The zero-order valence-corrected chi connectivity index (χ0v) is 20.5. The Morgan fingerprint density at radius 1 is 1.14 bits per heavy atom. The summed E-state index contributed by atoms with van der Waals surface area (Å²) < 4.78 is 42.0. The first-order valence-corrected chi connectivity index (χ1v) is 12.7. The minimum atomic E-state index is -4.38. The third-order valence-electron chi connectivity index (χ3n) is 8.19. The number of rotatable bonds is 6. The lowest BCUT2D eigenvalue weighted by molar-refractivity contribution is -0.139. The number of nitrogens with zero attached hydrogens (tertiary/aromatic N) is 1. The number of carbonyl (C=O) groups is 1. The first-order valence-electron chi connectivity index (χ1n) is 12.7. The summed E-state index contributed by atoms with van der Waals surface area (Å²) in [7, 11) is 0. The van der Waals surface area contributed by atoms with E-state index in [0.717, 1.165) is 48.9 Å². The number of hydrogen-bond acceptors (Lipinski definition) is 1. The molecular weight excluding hydrogens is 451 g/mol. The van der Waals surface area contributed by atoms with E-state index in [1.54, 1.807) is 12.1 Å². The van der Waals surface area contributed by atoms with Crippen molar-refractivity contribution in [3.8, 4) is 0 Å². The number of alkyl halides is 3. The summed E-state index contributed by atoms with van der Waals surface area (Å²) in [5, 5.41) is 11.1. The number of hydrogen-bond donors (Lipinski definition) is 1. The number of aliphatic carboxylic acids is 1. The predicted molar refractivity (Wildman–Crippen MR) is 131 cm³/mol. The van der Waals surface area contributed by atoms with E-state index in [1.807, 2.05) is 0 Å². The van der Waals surface area contributed by atoms with Crippen LogP contribution in [-0.2, 0) is 22.8 Å². The van der Waals surface area contributed by atoms with Crippen LogP contribution in [-0.4, -0.2) is 15.6 Å². The van der Waals surface area contributed by atoms with Crippen molar-refractivity contribution < 1.29 is 23.1 Å². The smallest absolute Gasteiger partial charge is 0.416 e. The van der Waals surface area contributed by atoms with Crippen LogP contribution >= 0.6 is 0 Å². The SMILES string of the molecule is CCCC(c1ccc(C(F)(F)F)cc1)n1c2c(c3cc(C(C)C)ccc31)CCCC21CC1C(=O)O. The first kappa shape index (κ1) is 24.0. The van der Waals surface area contributed by atoms with Crippen molar-refractivity contribution in [2.24, 2.45) is 5.92 Å². The molecule has 35 heavy (non-hydrogen) atoms. The van der Waals surface area contributed by atoms with Gasteiger partial charge in [0, 0.05) is 22.0 Å². The van der Waals surface area contributed by atoms with Crippen molar-refractivity contribution in [2.45, 2.75) is 82.8 Å². The van der Waals surface area contributed by atoms with Crippen molar-refractivity contribution in [3.63, 3.8) is 0 Å². The van der Waals surface area contributed by atoms with E-state index < -0.39 is 23.6 Å². The molecule has 1 N–H and O–H groups in total. The van der Waals surface area contributed by atoms with Gasteiger partial charge in [0.25, 0.3) is 0 Å². The Hall–Kier alpha value is -2.76. The third kappa shape index (κ3) is 3.85. The molecule has 3 unspecified atom stereocenters. The van der Waals surface area contributed by atoms with Gasteiger partial charge in [0.1, 0.15) is 0 Å². The maximum absolute atomic E-state index is 13.2. The molecule has 3 atom stereocenters. The quantitative estimate of drug-likeness (QED) is 0.388. The summed E-state index contributed by atoms with van der Waals surface area (Å²) in [4.78, 5) is 12.1. The van der Waals surface area contributed by atoms with Crippen LogP contribution in [0.3, 0.4) is 0 Å². The van der Waals surface area contributed by atoms with Gasteiger partial charge in [0.15, 0.2) is 0 Å². The van der Waals surface area contributed by atoms with Gasteiger partial charge in [0.05, 0.1) is 17.5 Å². The molecule has 186 valence electrons. The molecule has 1 saturated carbocycles. The fourth-order valence-corrected chi connectivity index (χ4v) is 6.35. The Morgan fingerprint density at radius 3 is 2.40 bits per heavy atom. The molecule has 1 heterocycles. The number of aromatic nitrogens is 1. The van der Waals surface area contributed by atoms with E-state index in [9.17, 15) is 23.1 Å². The van der Waals surface area contributed by atoms with Crippen LogP contribution in [0.25, 0.3) is 10.9 Å². The maximum atomic E-state index is 13.2. The summed E-state index contributed by atoms with van der Waals surface area (Å²) in [5.41, 5.74) is 4.46. The molecular formula is C29H32F3NO2. The van der Waals surface area contributed by atoms with Crippen molar-refractivity contribution >= 4 is 16.9 Å². The molecule has 0 radical (unpaired) electrons. The molecule has 1 aromatic heterocycles. The molecule has 0 amide bonds. The van der Waals surface area contributed by atoms with Crippen molar-refractivity contribution in [3.05, 3.63) is 70.4 Å². The standard InChI is InChI=1S/C29H32F3NO2/c1-4-6-24(18-8-11-20(12-9-18)29(30,31)32)33-25-13-10-19(17(2)3)15-22(25)21-7-5-14-28(26(21)33)16-23(28)27(34)35/h8-13,15,17,23-24H,4-7,14,16H2,1-3H3,(H,34,35). The highest BCUT2D eigenvalue weighted by molar-refractivity contribution is 5.89. The van der Waals surface area contributed by atoms with Gasteiger partial charge in [-0.1, -0.05) is 45.4 Å². The molecule has 2 aliphatic rings. The molecule has 1 spiro atoms. The van der Waals surface area contributed by atoms with Crippen LogP contribution in [0, 0.1) is 5.92 Å². The van der Waals surface area contributed by atoms with Crippen molar-refractivity contribution in [1.82, 2.24) is 4.57 Å². The van der Waals surface area contributed by atoms with E-state index in [-0.39, 0.29) is 11.5 Å². The minimum Gasteiger partial charge on any atom is -0.481 e. The number of aryl methyl sites for hydroxylation is 1. The Labute approximate surface area is 204 Å². The molecule has 2 aliphatic carbocycles. The fraction of sp³-hybridized carbons (Fsp3) is 0.483. The number of carboxylic acid groups (broad SMARTS) is 1. The Kier molecular flexibility index (Phi) is 5.77. The predicted octanol–water partition coefficient (Wildman–Crippen LogP) is 7.85. The van der Waals surface area contributed by atoms with Crippen LogP contribution in [0.15, 0.2) is 42.5 Å². The van der Waals surface area contributed by atoms with Gasteiger partial charge in [-0.05, 0) is 79.0 Å². The zero-order valence-electron chi connectivity index (χ0n) is 20.5. The summed E-state index contributed by atoms with van der Waals surface area (Å²) in [6, 6.07) is 11.9. The van der Waals surface area contributed by atoms with Crippen LogP contribution in [0.1, 0.15) is 92.8 Å².